The van der Waals surface area contributed by atoms with E-state index in [0.29, 0.717) is 36.1 Å². The summed E-state index contributed by atoms with van der Waals surface area (Å²) < 4.78 is 23.2. The topological polar surface area (TPSA) is 73.8 Å². The second-order valence-electron chi connectivity index (χ2n) is 8.17. The molecule has 2 N–H and O–H groups in total. The molecule has 2 saturated heterocycles. The van der Waals surface area contributed by atoms with Crippen molar-refractivity contribution in [1.82, 2.24) is 15.5 Å². The van der Waals surface area contributed by atoms with Gasteiger partial charge in [-0.2, -0.15) is 0 Å². The highest BCUT2D eigenvalue weighted by molar-refractivity contribution is 7.91. The molecule has 6 nitrogen and oxygen atoms in total. The molecule has 0 aromatic heterocycles. The third-order valence-electron chi connectivity index (χ3n) is 5.29. The zero-order valence-electron chi connectivity index (χ0n) is 15.2. The van der Waals surface area contributed by atoms with Crippen LogP contribution >= 0.6 is 0 Å². The van der Waals surface area contributed by atoms with Crippen LogP contribution < -0.4 is 10.6 Å². The van der Waals surface area contributed by atoms with Crippen LogP contribution in [0.1, 0.15) is 40.0 Å². The first-order valence-corrected chi connectivity index (χ1v) is 11.2. The summed E-state index contributed by atoms with van der Waals surface area (Å²) in [5.41, 5.74) is 0. The molecule has 3 atom stereocenters. The van der Waals surface area contributed by atoms with Gasteiger partial charge in [0.05, 0.1) is 11.5 Å². The van der Waals surface area contributed by atoms with Crippen molar-refractivity contribution in [2.45, 2.75) is 58.2 Å². The minimum atomic E-state index is -2.82. The van der Waals surface area contributed by atoms with E-state index in [-0.39, 0.29) is 5.92 Å². The maximum absolute atomic E-state index is 11.6. The highest BCUT2D eigenvalue weighted by Crippen LogP contribution is 2.31. The average molecular weight is 357 g/mol. The third-order valence-corrected chi connectivity index (χ3v) is 7.12. The fourth-order valence-corrected chi connectivity index (χ4v) is 5.60. The second-order valence-corrected chi connectivity index (χ2v) is 10.4. The first-order valence-electron chi connectivity index (χ1n) is 9.34. The lowest BCUT2D eigenvalue weighted by atomic mass is 10.1. The molecule has 138 valence electrons. The molecule has 0 amide bonds. The maximum Gasteiger partial charge on any atom is 0.191 e. The molecular formula is C17H32N4O2S. The Kier molecular flexibility index (Phi) is 5.39. The zero-order chi connectivity index (χ0) is 17.3. The Hall–Kier alpha value is -0.820. The van der Waals surface area contributed by atoms with Gasteiger partial charge in [-0.3, -0.25) is 9.89 Å². The van der Waals surface area contributed by atoms with E-state index in [1.54, 1.807) is 0 Å². The number of sulfone groups is 1. The molecule has 7 heteroatoms. The molecule has 3 fully saturated rings. The Labute approximate surface area is 146 Å². The molecular weight excluding hydrogens is 324 g/mol. The minimum absolute atomic E-state index is 0.171. The van der Waals surface area contributed by atoms with Crippen LogP contribution in [0.2, 0.25) is 0 Å². The molecule has 3 aliphatic rings. The molecule has 3 unspecified atom stereocenters. The summed E-state index contributed by atoms with van der Waals surface area (Å²) in [7, 11) is -2.82. The van der Waals surface area contributed by atoms with Crippen LogP contribution in [0.3, 0.4) is 0 Å². The number of nitrogens with one attached hydrogen (secondary N) is 2. The van der Waals surface area contributed by atoms with Crippen molar-refractivity contribution >= 4 is 15.8 Å². The van der Waals surface area contributed by atoms with Crippen molar-refractivity contribution in [3.63, 3.8) is 0 Å². The summed E-state index contributed by atoms with van der Waals surface area (Å²) in [5, 5.41) is 7.00. The summed E-state index contributed by atoms with van der Waals surface area (Å²) >= 11 is 0. The van der Waals surface area contributed by atoms with Crippen LogP contribution in [0.25, 0.3) is 0 Å². The lowest BCUT2D eigenvalue weighted by Gasteiger charge is -2.22. The molecule has 0 spiro atoms. The van der Waals surface area contributed by atoms with Gasteiger partial charge in [-0.15, -0.1) is 0 Å². The normalized spacial score (nSPS) is 34.0. The number of hydrogen-bond donors (Lipinski definition) is 2. The van der Waals surface area contributed by atoms with Crippen LogP contribution in [-0.4, -0.2) is 68.5 Å². The van der Waals surface area contributed by atoms with Crippen molar-refractivity contribution in [3.8, 4) is 0 Å². The number of hydrogen-bond acceptors (Lipinski definition) is 4. The zero-order valence-corrected chi connectivity index (χ0v) is 16.0. The van der Waals surface area contributed by atoms with Crippen molar-refractivity contribution < 1.29 is 8.42 Å². The minimum Gasteiger partial charge on any atom is -0.354 e. The van der Waals surface area contributed by atoms with Crippen molar-refractivity contribution in [3.05, 3.63) is 0 Å². The number of nitrogens with zero attached hydrogens (tertiary/aromatic N) is 2. The molecule has 0 radical (unpaired) electrons. The van der Waals surface area contributed by atoms with Gasteiger partial charge in [-0.05, 0) is 44.9 Å². The molecule has 2 heterocycles. The molecule has 1 aliphatic carbocycles. The smallest absolute Gasteiger partial charge is 0.191 e. The second kappa shape index (κ2) is 7.20. The Morgan fingerprint density at radius 2 is 2.00 bits per heavy atom. The molecule has 0 aromatic rings. The van der Waals surface area contributed by atoms with E-state index in [1.807, 2.05) is 0 Å². The van der Waals surface area contributed by atoms with Crippen LogP contribution in [-0.2, 0) is 9.84 Å². The van der Waals surface area contributed by atoms with Crippen molar-refractivity contribution in [2.24, 2.45) is 16.8 Å². The van der Waals surface area contributed by atoms with Gasteiger partial charge in [0.15, 0.2) is 15.8 Å². The van der Waals surface area contributed by atoms with Gasteiger partial charge in [0.25, 0.3) is 0 Å². The van der Waals surface area contributed by atoms with E-state index < -0.39 is 9.84 Å². The fraction of sp³-hybridized carbons (Fsp3) is 0.941. The van der Waals surface area contributed by atoms with Gasteiger partial charge in [0.1, 0.15) is 0 Å². The quantitative estimate of drug-likeness (QED) is 0.564. The number of aliphatic imine (C=N–C) groups is 1. The van der Waals surface area contributed by atoms with Crippen LogP contribution in [0.4, 0.5) is 0 Å². The molecule has 0 aromatic carbocycles. The van der Waals surface area contributed by atoms with Crippen molar-refractivity contribution in [2.75, 3.05) is 31.1 Å². The number of likely N-dealkylation sites (tertiary alicyclic amines) is 1. The van der Waals surface area contributed by atoms with Crippen molar-refractivity contribution in [1.29, 1.82) is 0 Å². The predicted octanol–water partition coefficient (Wildman–Crippen LogP) is 0.847. The molecule has 24 heavy (non-hydrogen) atoms. The summed E-state index contributed by atoms with van der Waals surface area (Å²) in [6.07, 6.45) is 3.44. The van der Waals surface area contributed by atoms with Gasteiger partial charge in [0.2, 0.25) is 0 Å². The summed E-state index contributed by atoms with van der Waals surface area (Å²) in [5.74, 6) is 2.23. The molecule has 2 aliphatic heterocycles. The molecule has 1 saturated carbocycles. The number of rotatable bonds is 5. The van der Waals surface area contributed by atoms with Gasteiger partial charge in [-0.25, -0.2) is 8.42 Å². The Morgan fingerprint density at radius 3 is 2.58 bits per heavy atom. The first kappa shape index (κ1) is 18.0. The van der Waals surface area contributed by atoms with Gasteiger partial charge in [0, 0.05) is 37.8 Å². The fourth-order valence-electron chi connectivity index (χ4n) is 3.75. The van der Waals surface area contributed by atoms with Crippen LogP contribution in [0.5, 0.6) is 0 Å². The van der Waals surface area contributed by atoms with Gasteiger partial charge < -0.3 is 10.6 Å². The summed E-state index contributed by atoms with van der Waals surface area (Å²) in [6.45, 7) is 9.35. The van der Waals surface area contributed by atoms with Gasteiger partial charge >= 0.3 is 0 Å². The lowest BCUT2D eigenvalue weighted by Crippen LogP contribution is -2.48. The summed E-state index contributed by atoms with van der Waals surface area (Å²) in [6, 6.07) is 1.53. The third kappa shape index (κ3) is 4.85. The SMILES string of the molecule is CC(C)NC(=NCC1CCS(=O)(=O)C1)NC1CN(C2CC2)CC1C. The predicted molar refractivity (Wildman–Crippen MR) is 98.0 cm³/mol. The monoisotopic (exact) mass is 356 g/mol. The lowest BCUT2D eigenvalue weighted by molar-refractivity contribution is 0.315. The Bertz CT molecular complexity index is 571. The number of guanidine groups is 1. The van der Waals surface area contributed by atoms with Crippen LogP contribution in [0, 0.1) is 11.8 Å². The summed E-state index contributed by atoms with van der Waals surface area (Å²) in [4.78, 5) is 7.30. The van der Waals surface area contributed by atoms with E-state index in [0.717, 1.165) is 31.5 Å². The van der Waals surface area contributed by atoms with Crippen LogP contribution in [0.15, 0.2) is 4.99 Å². The maximum atomic E-state index is 11.6. The van der Waals surface area contributed by atoms with E-state index in [2.05, 4.69) is 36.3 Å². The molecule has 3 rings (SSSR count). The van der Waals surface area contributed by atoms with Gasteiger partial charge in [-0.1, -0.05) is 6.92 Å². The van der Waals surface area contributed by atoms with E-state index in [4.69, 9.17) is 4.99 Å². The molecule has 0 bridgehead atoms. The highest BCUT2D eigenvalue weighted by Gasteiger charge is 2.38. The average Bonchev–Trinajstić information content (AvgIpc) is 3.19. The Balaban J connectivity index is 1.57. The largest absolute Gasteiger partial charge is 0.354 e. The Morgan fingerprint density at radius 1 is 1.25 bits per heavy atom. The first-order chi connectivity index (χ1) is 11.3. The highest BCUT2D eigenvalue weighted by atomic mass is 32.2. The van der Waals surface area contributed by atoms with E-state index in [1.165, 1.54) is 12.8 Å². The standard InChI is InChI=1S/C17H32N4O2S/c1-12(2)19-17(18-8-14-6-7-24(22,23)11-14)20-16-10-21(9-13(16)3)15-4-5-15/h12-16H,4-11H2,1-3H3,(H2,18,19,20). The van der Waals surface area contributed by atoms with E-state index in [9.17, 15) is 8.42 Å². The van der Waals surface area contributed by atoms with E-state index >= 15 is 0 Å².